The lowest BCUT2D eigenvalue weighted by atomic mass is 9.97. The summed E-state index contributed by atoms with van der Waals surface area (Å²) in [6.07, 6.45) is 7.14. The van der Waals surface area contributed by atoms with Crippen molar-refractivity contribution in [1.29, 1.82) is 0 Å². The average Bonchev–Trinajstić information content (AvgIpc) is 2.99. The van der Waals surface area contributed by atoms with Gasteiger partial charge in [0.1, 0.15) is 0 Å². The smallest absolute Gasteiger partial charge is 0.0870 e. The van der Waals surface area contributed by atoms with Crippen molar-refractivity contribution in [2.45, 2.75) is 58.5 Å². The van der Waals surface area contributed by atoms with Crippen LogP contribution in [0.4, 0.5) is 0 Å². The summed E-state index contributed by atoms with van der Waals surface area (Å²) in [5.41, 5.74) is 3.82. The molecular formula is C17H26N6. The maximum Gasteiger partial charge on any atom is 0.0870 e. The van der Waals surface area contributed by atoms with Gasteiger partial charge in [0.2, 0.25) is 0 Å². The third-order valence-corrected chi connectivity index (χ3v) is 5.31. The number of hydrogen-bond acceptors (Lipinski definition) is 4. The van der Waals surface area contributed by atoms with E-state index < -0.39 is 0 Å². The number of hydrogen-bond donors (Lipinski definition) is 1. The first-order valence-corrected chi connectivity index (χ1v) is 8.75. The molecule has 6 heteroatoms. The van der Waals surface area contributed by atoms with Gasteiger partial charge in [0.15, 0.2) is 0 Å². The molecule has 2 fully saturated rings. The lowest BCUT2D eigenvalue weighted by molar-refractivity contribution is 0.323. The Kier molecular flexibility index (Phi) is 3.71. The van der Waals surface area contributed by atoms with Gasteiger partial charge in [-0.2, -0.15) is 5.10 Å². The fourth-order valence-electron chi connectivity index (χ4n) is 3.72. The molecule has 23 heavy (non-hydrogen) atoms. The van der Waals surface area contributed by atoms with Gasteiger partial charge < -0.3 is 5.32 Å². The van der Waals surface area contributed by atoms with Gasteiger partial charge in [0, 0.05) is 36.3 Å². The molecule has 1 saturated heterocycles. The number of nitrogens with zero attached hydrogens (tertiary/aromatic N) is 5. The van der Waals surface area contributed by atoms with Gasteiger partial charge in [0.05, 0.1) is 17.9 Å². The van der Waals surface area contributed by atoms with E-state index in [1.807, 2.05) is 0 Å². The van der Waals surface area contributed by atoms with Gasteiger partial charge in [-0.1, -0.05) is 5.21 Å². The van der Waals surface area contributed by atoms with E-state index in [9.17, 15) is 0 Å². The summed E-state index contributed by atoms with van der Waals surface area (Å²) in [6, 6.07) is 2.15. The Balaban J connectivity index is 1.43. The van der Waals surface area contributed by atoms with E-state index in [0.29, 0.717) is 11.3 Å². The normalized spacial score (nSPS) is 23.1. The van der Waals surface area contributed by atoms with E-state index in [1.165, 1.54) is 31.4 Å². The number of piperidine rings is 1. The largest absolute Gasteiger partial charge is 0.316 e. The molecule has 1 atom stereocenters. The number of aromatic nitrogens is 5. The molecule has 0 bridgehead atoms. The van der Waals surface area contributed by atoms with E-state index in [2.05, 4.69) is 56.2 Å². The van der Waals surface area contributed by atoms with Crippen molar-refractivity contribution in [3.63, 3.8) is 0 Å². The molecule has 1 aliphatic heterocycles. The first-order valence-electron chi connectivity index (χ1n) is 8.75. The topological polar surface area (TPSA) is 60.6 Å². The van der Waals surface area contributed by atoms with Crippen LogP contribution in [0.15, 0.2) is 12.3 Å². The molecule has 2 aromatic rings. The highest BCUT2D eigenvalue weighted by molar-refractivity contribution is 5.09. The van der Waals surface area contributed by atoms with Gasteiger partial charge in [-0.05, 0) is 52.1 Å². The van der Waals surface area contributed by atoms with Crippen molar-refractivity contribution in [3.8, 4) is 0 Å². The number of aryl methyl sites for hydroxylation is 2. The van der Waals surface area contributed by atoms with Crippen LogP contribution in [0.3, 0.4) is 0 Å². The van der Waals surface area contributed by atoms with E-state index in [4.69, 9.17) is 0 Å². The zero-order valence-electron chi connectivity index (χ0n) is 14.1. The maximum absolute atomic E-state index is 4.62. The molecule has 1 N–H and O–H groups in total. The van der Waals surface area contributed by atoms with Crippen LogP contribution in [0, 0.1) is 19.3 Å². The third-order valence-electron chi connectivity index (χ3n) is 5.31. The molecule has 3 heterocycles. The SMILES string of the molecule is Cc1cc(C)n(CC2(Cn3cc([C@H]4CCCNC4)nn3)CC2)n1. The third kappa shape index (κ3) is 3.17. The average molecular weight is 314 g/mol. The van der Waals surface area contributed by atoms with Crippen molar-refractivity contribution in [2.24, 2.45) is 5.41 Å². The van der Waals surface area contributed by atoms with E-state index in [0.717, 1.165) is 37.6 Å². The van der Waals surface area contributed by atoms with Crippen LogP contribution in [0.1, 0.15) is 48.7 Å². The molecule has 124 valence electrons. The van der Waals surface area contributed by atoms with Gasteiger partial charge in [-0.25, -0.2) is 0 Å². The highest BCUT2D eigenvalue weighted by Crippen LogP contribution is 2.48. The molecule has 0 unspecified atom stereocenters. The Morgan fingerprint density at radius 1 is 1.30 bits per heavy atom. The summed E-state index contributed by atoms with van der Waals surface area (Å²) < 4.78 is 4.22. The minimum Gasteiger partial charge on any atom is -0.316 e. The summed E-state index contributed by atoms with van der Waals surface area (Å²) >= 11 is 0. The molecule has 0 spiro atoms. The van der Waals surface area contributed by atoms with E-state index >= 15 is 0 Å². The van der Waals surface area contributed by atoms with Crippen molar-refractivity contribution in [3.05, 3.63) is 29.3 Å². The summed E-state index contributed by atoms with van der Waals surface area (Å²) in [5, 5.41) is 16.9. The lowest BCUT2D eigenvalue weighted by Gasteiger charge is -2.20. The molecule has 6 nitrogen and oxygen atoms in total. The molecule has 1 aliphatic carbocycles. The molecular weight excluding hydrogens is 288 g/mol. The molecule has 1 saturated carbocycles. The van der Waals surface area contributed by atoms with Crippen LogP contribution < -0.4 is 5.32 Å². The van der Waals surface area contributed by atoms with Crippen molar-refractivity contribution >= 4 is 0 Å². The highest BCUT2D eigenvalue weighted by Gasteiger charge is 2.44. The predicted octanol–water partition coefficient (Wildman–Crippen LogP) is 2.04. The van der Waals surface area contributed by atoms with E-state index in [1.54, 1.807) is 0 Å². The fraction of sp³-hybridized carbons (Fsp3) is 0.706. The van der Waals surface area contributed by atoms with Crippen LogP contribution in [0.25, 0.3) is 0 Å². The van der Waals surface area contributed by atoms with Gasteiger partial charge in [-0.15, -0.1) is 5.10 Å². The molecule has 2 aromatic heterocycles. The fourth-order valence-corrected chi connectivity index (χ4v) is 3.72. The van der Waals surface area contributed by atoms with Crippen LogP contribution in [-0.4, -0.2) is 37.9 Å². The predicted molar refractivity (Wildman–Crippen MR) is 88.2 cm³/mol. The molecule has 0 aromatic carbocycles. The van der Waals surface area contributed by atoms with Crippen LogP contribution in [0.2, 0.25) is 0 Å². The second-order valence-electron chi connectivity index (χ2n) is 7.47. The Morgan fingerprint density at radius 2 is 2.17 bits per heavy atom. The highest BCUT2D eigenvalue weighted by atomic mass is 15.4. The zero-order valence-corrected chi connectivity index (χ0v) is 14.1. The Morgan fingerprint density at radius 3 is 2.83 bits per heavy atom. The van der Waals surface area contributed by atoms with Crippen LogP contribution >= 0.6 is 0 Å². The molecule has 0 radical (unpaired) electrons. The monoisotopic (exact) mass is 314 g/mol. The molecule has 4 rings (SSSR count). The summed E-state index contributed by atoms with van der Waals surface area (Å²) in [4.78, 5) is 0. The minimum atomic E-state index is 0.318. The second-order valence-corrected chi connectivity index (χ2v) is 7.47. The van der Waals surface area contributed by atoms with Crippen molar-refractivity contribution < 1.29 is 0 Å². The zero-order chi connectivity index (χ0) is 15.9. The van der Waals surface area contributed by atoms with Gasteiger partial charge in [-0.3, -0.25) is 9.36 Å². The summed E-state index contributed by atoms with van der Waals surface area (Å²) in [6.45, 7) is 8.32. The van der Waals surface area contributed by atoms with Gasteiger partial charge >= 0.3 is 0 Å². The first kappa shape index (κ1) is 14.9. The second kappa shape index (κ2) is 5.74. The van der Waals surface area contributed by atoms with Crippen molar-refractivity contribution in [1.82, 2.24) is 30.1 Å². The van der Waals surface area contributed by atoms with Crippen molar-refractivity contribution in [2.75, 3.05) is 13.1 Å². The summed E-state index contributed by atoms with van der Waals surface area (Å²) in [5.74, 6) is 0.531. The van der Waals surface area contributed by atoms with E-state index in [-0.39, 0.29) is 0 Å². The molecule has 0 amide bonds. The Bertz CT molecular complexity index is 675. The van der Waals surface area contributed by atoms with Crippen LogP contribution in [0.5, 0.6) is 0 Å². The Hall–Kier alpha value is -1.69. The minimum absolute atomic E-state index is 0.318. The number of nitrogens with one attached hydrogen (secondary N) is 1. The van der Waals surface area contributed by atoms with Crippen LogP contribution in [-0.2, 0) is 13.1 Å². The maximum atomic E-state index is 4.62. The standard InChI is InChI=1S/C17H26N6/c1-13-8-14(2)23(20-13)12-17(5-6-17)11-22-10-16(19-21-22)15-4-3-7-18-9-15/h8,10,15,18H,3-7,9,11-12H2,1-2H3/t15-/m0/s1. The molecule has 2 aliphatic rings. The summed E-state index contributed by atoms with van der Waals surface area (Å²) in [7, 11) is 0. The quantitative estimate of drug-likeness (QED) is 0.917. The van der Waals surface area contributed by atoms with Gasteiger partial charge in [0.25, 0.3) is 0 Å². The first-order chi connectivity index (χ1) is 11.1. The Labute approximate surface area is 137 Å². The number of rotatable bonds is 5. The lowest BCUT2D eigenvalue weighted by Crippen LogP contribution is -2.28.